The summed E-state index contributed by atoms with van der Waals surface area (Å²) >= 11 is 0. The molecular formula is C16H32N2O. The minimum Gasteiger partial charge on any atom is -0.352 e. The van der Waals surface area contributed by atoms with E-state index in [0.29, 0.717) is 12.1 Å². The molecule has 1 aliphatic rings. The van der Waals surface area contributed by atoms with Crippen molar-refractivity contribution in [2.75, 3.05) is 0 Å². The Balaban J connectivity index is 2.30. The van der Waals surface area contributed by atoms with Crippen LogP contribution in [-0.4, -0.2) is 24.0 Å². The molecule has 3 heteroatoms. The third-order valence-corrected chi connectivity index (χ3v) is 4.64. The second-order valence-corrected chi connectivity index (χ2v) is 6.04. The summed E-state index contributed by atoms with van der Waals surface area (Å²) in [7, 11) is 0. The van der Waals surface area contributed by atoms with Gasteiger partial charge in [0.25, 0.3) is 0 Å². The van der Waals surface area contributed by atoms with Crippen molar-refractivity contribution in [3.63, 3.8) is 0 Å². The molecule has 0 radical (unpaired) electrons. The molecule has 0 spiro atoms. The molecule has 1 aliphatic carbocycles. The van der Waals surface area contributed by atoms with Crippen LogP contribution in [0.25, 0.3) is 0 Å². The zero-order valence-corrected chi connectivity index (χ0v) is 13.2. The number of nitrogens with one attached hydrogen (secondary N) is 2. The van der Waals surface area contributed by atoms with Gasteiger partial charge in [-0.05, 0) is 51.4 Å². The first-order chi connectivity index (χ1) is 9.10. The first-order valence-corrected chi connectivity index (χ1v) is 8.17. The van der Waals surface area contributed by atoms with Gasteiger partial charge in [0.1, 0.15) is 0 Å². The predicted molar refractivity (Wildman–Crippen MR) is 81.1 cm³/mol. The van der Waals surface area contributed by atoms with Crippen molar-refractivity contribution in [2.45, 2.75) is 90.8 Å². The van der Waals surface area contributed by atoms with Crippen LogP contribution in [0.2, 0.25) is 0 Å². The molecule has 112 valence electrons. The molecule has 1 atom stereocenters. The molecule has 3 nitrogen and oxygen atoms in total. The van der Waals surface area contributed by atoms with Gasteiger partial charge in [-0.3, -0.25) is 4.79 Å². The van der Waals surface area contributed by atoms with E-state index in [1.807, 2.05) is 6.92 Å². The van der Waals surface area contributed by atoms with Gasteiger partial charge in [0.15, 0.2) is 0 Å². The van der Waals surface area contributed by atoms with Gasteiger partial charge in [-0.2, -0.15) is 0 Å². The molecule has 1 unspecified atom stereocenters. The summed E-state index contributed by atoms with van der Waals surface area (Å²) in [6.07, 6.45) is 8.40. The van der Waals surface area contributed by atoms with Crippen molar-refractivity contribution in [3.8, 4) is 0 Å². The molecule has 0 aromatic carbocycles. The summed E-state index contributed by atoms with van der Waals surface area (Å²) in [5, 5.41) is 6.63. The predicted octanol–water partition coefficient (Wildman–Crippen LogP) is 3.24. The van der Waals surface area contributed by atoms with Crippen molar-refractivity contribution in [3.05, 3.63) is 0 Å². The zero-order chi connectivity index (χ0) is 14.3. The number of carbonyl (C=O) groups is 1. The highest BCUT2D eigenvalue weighted by atomic mass is 16.2. The highest BCUT2D eigenvalue weighted by Gasteiger charge is 2.23. The number of hydrogen-bond donors (Lipinski definition) is 2. The molecule has 1 fully saturated rings. The largest absolute Gasteiger partial charge is 0.352 e. The summed E-state index contributed by atoms with van der Waals surface area (Å²) in [6, 6.07) is 0.793. The van der Waals surface area contributed by atoms with E-state index >= 15 is 0 Å². The van der Waals surface area contributed by atoms with Gasteiger partial charge in [-0.25, -0.2) is 0 Å². The molecule has 19 heavy (non-hydrogen) atoms. The SMILES string of the molecule is CCC1CCC(NC(C)C(=O)NC(CC)CC)CC1. The van der Waals surface area contributed by atoms with Gasteiger partial charge in [0.2, 0.25) is 5.91 Å². The van der Waals surface area contributed by atoms with Crippen molar-refractivity contribution in [1.29, 1.82) is 0 Å². The van der Waals surface area contributed by atoms with Crippen LogP contribution >= 0.6 is 0 Å². The summed E-state index contributed by atoms with van der Waals surface area (Å²) in [6.45, 7) is 8.52. The van der Waals surface area contributed by atoms with Crippen LogP contribution < -0.4 is 10.6 Å². The lowest BCUT2D eigenvalue weighted by Crippen LogP contribution is -2.49. The maximum atomic E-state index is 12.1. The van der Waals surface area contributed by atoms with E-state index in [4.69, 9.17) is 0 Å². The summed E-state index contributed by atoms with van der Waals surface area (Å²) < 4.78 is 0. The Hall–Kier alpha value is -0.570. The fourth-order valence-electron chi connectivity index (χ4n) is 2.99. The van der Waals surface area contributed by atoms with Crippen molar-refractivity contribution in [2.24, 2.45) is 5.92 Å². The first-order valence-electron chi connectivity index (χ1n) is 8.17. The molecule has 1 rings (SSSR count). The van der Waals surface area contributed by atoms with E-state index in [-0.39, 0.29) is 11.9 Å². The molecule has 0 bridgehead atoms. The minimum absolute atomic E-state index is 0.0659. The number of carbonyl (C=O) groups excluding carboxylic acids is 1. The van der Waals surface area contributed by atoms with Gasteiger partial charge < -0.3 is 10.6 Å². The molecular weight excluding hydrogens is 236 g/mol. The Morgan fingerprint density at radius 1 is 1.11 bits per heavy atom. The smallest absolute Gasteiger partial charge is 0.237 e. The normalized spacial score (nSPS) is 25.3. The van der Waals surface area contributed by atoms with Crippen LogP contribution in [0.5, 0.6) is 0 Å². The molecule has 0 aromatic heterocycles. The lowest BCUT2D eigenvalue weighted by molar-refractivity contribution is -0.123. The lowest BCUT2D eigenvalue weighted by atomic mass is 9.84. The molecule has 0 heterocycles. The van der Waals surface area contributed by atoms with Gasteiger partial charge in [0.05, 0.1) is 6.04 Å². The Morgan fingerprint density at radius 3 is 2.16 bits per heavy atom. The average Bonchev–Trinajstić information content (AvgIpc) is 2.45. The maximum absolute atomic E-state index is 12.1. The van der Waals surface area contributed by atoms with Crippen LogP contribution in [-0.2, 0) is 4.79 Å². The van der Waals surface area contributed by atoms with Gasteiger partial charge in [-0.1, -0.05) is 27.2 Å². The maximum Gasteiger partial charge on any atom is 0.237 e. The Kier molecular flexibility index (Phi) is 7.44. The first kappa shape index (κ1) is 16.5. The number of amides is 1. The molecule has 1 amide bonds. The number of hydrogen-bond acceptors (Lipinski definition) is 2. The third-order valence-electron chi connectivity index (χ3n) is 4.64. The van der Waals surface area contributed by atoms with Crippen LogP contribution in [0.4, 0.5) is 0 Å². The zero-order valence-electron chi connectivity index (χ0n) is 13.2. The Morgan fingerprint density at radius 2 is 1.68 bits per heavy atom. The van der Waals surface area contributed by atoms with Gasteiger partial charge in [-0.15, -0.1) is 0 Å². The summed E-state index contributed by atoms with van der Waals surface area (Å²) in [4.78, 5) is 12.1. The standard InChI is InChI=1S/C16H32N2O/c1-5-13-8-10-15(11-9-13)17-12(4)16(19)18-14(6-2)7-3/h12-15,17H,5-11H2,1-4H3,(H,18,19). The highest BCUT2D eigenvalue weighted by Crippen LogP contribution is 2.26. The van der Waals surface area contributed by atoms with E-state index in [2.05, 4.69) is 31.4 Å². The monoisotopic (exact) mass is 268 g/mol. The Bertz CT molecular complexity index is 255. The van der Waals surface area contributed by atoms with Gasteiger partial charge in [0, 0.05) is 12.1 Å². The highest BCUT2D eigenvalue weighted by molar-refractivity contribution is 5.81. The number of rotatable bonds is 7. The van der Waals surface area contributed by atoms with Crippen LogP contribution in [0.1, 0.15) is 72.6 Å². The van der Waals surface area contributed by atoms with E-state index in [9.17, 15) is 4.79 Å². The van der Waals surface area contributed by atoms with Crippen LogP contribution in [0, 0.1) is 5.92 Å². The molecule has 0 aromatic rings. The van der Waals surface area contributed by atoms with E-state index in [0.717, 1.165) is 18.8 Å². The Labute approximate surface area is 118 Å². The van der Waals surface area contributed by atoms with Crippen molar-refractivity contribution in [1.82, 2.24) is 10.6 Å². The van der Waals surface area contributed by atoms with Crippen molar-refractivity contribution >= 4 is 5.91 Å². The van der Waals surface area contributed by atoms with E-state index < -0.39 is 0 Å². The quantitative estimate of drug-likeness (QED) is 0.744. The summed E-state index contributed by atoms with van der Waals surface area (Å²) in [5.41, 5.74) is 0. The molecule has 2 N–H and O–H groups in total. The fourth-order valence-corrected chi connectivity index (χ4v) is 2.99. The van der Waals surface area contributed by atoms with E-state index in [1.165, 1.54) is 32.1 Å². The molecule has 1 saturated carbocycles. The lowest BCUT2D eigenvalue weighted by Gasteiger charge is -2.31. The third kappa shape index (κ3) is 5.52. The van der Waals surface area contributed by atoms with Crippen LogP contribution in [0.15, 0.2) is 0 Å². The molecule has 0 saturated heterocycles. The van der Waals surface area contributed by atoms with Gasteiger partial charge >= 0.3 is 0 Å². The van der Waals surface area contributed by atoms with Crippen molar-refractivity contribution < 1.29 is 4.79 Å². The minimum atomic E-state index is -0.0659. The summed E-state index contributed by atoms with van der Waals surface area (Å²) in [5.74, 6) is 1.07. The second-order valence-electron chi connectivity index (χ2n) is 6.04. The average molecular weight is 268 g/mol. The molecule has 0 aliphatic heterocycles. The second kappa shape index (κ2) is 8.57. The fraction of sp³-hybridized carbons (Fsp3) is 0.938. The van der Waals surface area contributed by atoms with E-state index in [1.54, 1.807) is 0 Å². The van der Waals surface area contributed by atoms with Crippen LogP contribution in [0.3, 0.4) is 0 Å². The topological polar surface area (TPSA) is 41.1 Å².